The molecule has 6 rings (SSSR count). The lowest BCUT2D eigenvalue weighted by Crippen LogP contribution is -2.51. The van der Waals surface area contributed by atoms with Gasteiger partial charge >= 0.3 is 18.2 Å². The van der Waals surface area contributed by atoms with Gasteiger partial charge in [0, 0.05) is 11.8 Å². The SMILES string of the molecule is C=CCOC(=O)CNC(=O)C(O)C(CCC)NC(=O)OCC1c2ccccc2-c2ccccc21.CCCC(C=O)NC(=O)OCC1c2ccccc2-c2ccccc21. The van der Waals surface area contributed by atoms with Crippen molar-refractivity contribution in [3.05, 3.63) is 132 Å². The van der Waals surface area contributed by atoms with E-state index in [9.17, 15) is 29.1 Å². The molecule has 3 amide bonds. The number of carbonyl (C=O) groups is 5. The fourth-order valence-electron chi connectivity index (χ4n) is 7.34. The van der Waals surface area contributed by atoms with Gasteiger partial charge in [-0.15, -0.1) is 0 Å². The summed E-state index contributed by atoms with van der Waals surface area (Å²) in [6, 6.07) is 31.0. The van der Waals surface area contributed by atoms with E-state index in [1.807, 2.05) is 86.6 Å². The molecule has 0 heterocycles. The van der Waals surface area contributed by atoms with Crippen molar-refractivity contribution in [3.63, 3.8) is 0 Å². The molecule has 58 heavy (non-hydrogen) atoms. The lowest BCUT2D eigenvalue weighted by molar-refractivity contribution is -0.144. The van der Waals surface area contributed by atoms with Crippen LogP contribution < -0.4 is 16.0 Å². The zero-order valence-electron chi connectivity index (χ0n) is 32.9. The van der Waals surface area contributed by atoms with E-state index in [1.54, 1.807) is 0 Å². The fourth-order valence-corrected chi connectivity index (χ4v) is 7.34. The summed E-state index contributed by atoms with van der Waals surface area (Å²) in [5, 5.41) is 17.9. The van der Waals surface area contributed by atoms with E-state index in [2.05, 4.69) is 46.8 Å². The molecule has 0 radical (unpaired) electrons. The Balaban J connectivity index is 0.000000234. The van der Waals surface area contributed by atoms with Crippen LogP contribution in [-0.2, 0) is 28.6 Å². The van der Waals surface area contributed by atoms with E-state index in [0.717, 1.165) is 35.0 Å². The van der Waals surface area contributed by atoms with Crippen molar-refractivity contribution in [3.8, 4) is 22.3 Å². The lowest BCUT2D eigenvalue weighted by atomic mass is 9.98. The Morgan fingerprint density at radius 2 is 1.10 bits per heavy atom. The molecule has 0 fully saturated rings. The van der Waals surface area contributed by atoms with Crippen LogP contribution in [-0.4, -0.2) is 80.0 Å². The highest BCUT2D eigenvalue weighted by Crippen LogP contribution is 2.45. The largest absolute Gasteiger partial charge is 0.460 e. The molecule has 0 saturated heterocycles. The van der Waals surface area contributed by atoms with Crippen LogP contribution in [0.4, 0.5) is 9.59 Å². The number of alkyl carbamates (subject to hydrolysis) is 2. The van der Waals surface area contributed by atoms with E-state index in [-0.39, 0.29) is 31.7 Å². The molecule has 3 atom stereocenters. The van der Waals surface area contributed by atoms with Gasteiger partial charge in [0.25, 0.3) is 5.91 Å². The van der Waals surface area contributed by atoms with Crippen LogP contribution in [0.1, 0.15) is 73.6 Å². The summed E-state index contributed by atoms with van der Waals surface area (Å²) < 4.78 is 15.7. The van der Waals surface area contributed by atoms with E-state index in [4.69, 9.17) is 14.2 Å². The maximum absolute atomic E-state index is 12.6. The van der Waals surface area contributed by atoms with Crippen molar-refractivity contribution in [2.24, 2.45) is 0 Å². The first-order valence-corrected chi connectivity index (χ1v) is 19.6. The smallest absolute Gasteiger partial charge is 0.407 e. The number of rotatable bonds is 17. The van der Waals surface area contributed by atoms with Crippen molar-refractivity contribution in [1.82, 2.24) is 16.0 Å². The monoisotopic (exact) mass is 789 g/mol. The van der Waals surface area contributed by atoms with Crippen molar-refractivity contribution in [1.29, 1.82) is 0 Å². The molecule has 4 aromatic rings. The molecule has 2 aliphatic rings. The Kier molecular flexibility index (Phi) is 15.7. The number of hydrogen-bond donors (Lipinski definition) is 4. The Labute approximate surface area is 339 Å². The first-order chi connectivity index (χ1) is 28.2. The first kappa shape index (κ1) is 42.9. The summed E-state index contributed by atoms with van der Waals surface area (Å²) in [6.07, 6.45) is 1.75. The summed E-state index contributed by atoms with van der Waals surface area (Å²) in [5.74, 6) is -1.51. The van der Waals surface area contributed by atoms with E-state index in [0.29, 0.717) is 19.3 Å². The summed E-state index contributed by atoms with van der Waals surface area (Å²) in [5.41, 5.74) is 9.15. The van der Waals surface area contributed by atoms with Crippen LogP contribution in [0.2, 0.25) is 0 Å². The molecule has 0 aliphatic heterocycles. The van der Waals surface area contributed by atoms with Gasteiger partial charge in [-0.1, -0.05) is 136 Å². The molecular weight excluding hydrogens is 739 g/mol. The predicted molar refractivity (Wildman–Crippen MR) is 220 cm³/mol. The standard InChI is InChI=1S/C26H30N2O6.C20H21NO3/c1-3-9-22(24(30)25(31)27-15-23(29)33-14-4-2)28-26(32)34-16-21-19-12-7-5-10-17(19)18-11-6-8-13-20(18)21;1-2-7-14(12-22)21-20(23)24-13-19-17-10-5-3-8-15(17)16-9-4-6-11-18(16)19/h4-8,10-13,21-22,24,30H,2-3,9,14-16H2,1H3,(H,27,31)(H,28,32);3-6,8-12,14,19H,2,7,13H2,1H3,(H,21,23). The van der Waals surface area contributed by atoms with Crippen molar-refractivity contribution in [2.75, 3.05) is 26.4 Å². The Bertz CT molecular complexity index is 1980. The van der Waals surface area contributed by atoms with Crippen LogP contribution in [0.3, 0.4) is 0 Å². The average Bonchev–Trinajstić information content (AvgIpc) is 3.75. The maximum Gasteiger partial charge on any atom is 0.407 e. The van der Waals surface area contributed by atoms with E-state index in [1.165, 1.54) is 28.3 Å². The molecule has 3 unspecified atom stereocenters. The van der Waals surface area contributed by atoms with Crippen LogP contribution in [0.5, 0.6) is 0 Å². The number of aliphatic hydroxyl groups is 1. The van der Waals surface area contributed by atoms with Gasteiger partial charge in [-0.2, -0.15) is 0 Å². The molecule has 12 nitrogen and oxygen atoms in total. The number of benzene rings is 4. The summed E-state index contributed by atoms with van der Waals surface area (Å²) in [7, 11) is 0. The Morgan fingerprint density at radius 1 is 0.672 bits per heavy atom. The molecule has 0 bridgehead atoms. The molecule has 304 valence electrons. The van der Waals surface area contributed by atoms with Gasteiger partial charge in [0.15, 0.2) is 6.10 Å². The maximum atomic E-state index is 12.6. The van der Waals surface area contributed by atoms with Crippen LogP contribution in [0.15, 0.2) is 110 Å². The van der Waals surface area contributed by atoms with Crippen LogP contribution >= 0.6 is 0 Å². The topological polar surface area (TPSA) is 169 Å². The number of fused-ring (bicyclic) bond motifs is 6. The average molecular weight is 790 g/mol. The van der Waals surface area contributed by atoms with Crippen molar-refractivity contribution in [2.45, 2.75) is 69.6 Å². The van der Waals surface area contributed by atoms with Crippen LogP contribution in [0, 0.1) is 0 Å². The summed E-state index contributed by atoms with van der Waals surface area (Å²) in [4.78, 5) is 59.3. The number of aliphatic hydroxyl groups excluding tert-OH is 1. The number of ether oxygens (including phenoxy) is 3. The van der Waals surface area contributed by atoms with E-state index < -0.39 is 48.8 Å². The third-order valence-electron chi connectivity index (χ3n) is 10.1. The van der Waals surface area contributed by atoms with Gasteiger partial charge < -0.3 is 40.1 Å². The van der Waals surface area contributed by atoms with Gasteiger partial charge in [0.2, 0.25) is 0 Å². The molecular formula is C46H51N3O9. The Hall–Kier alpha value is -6.27. The minimum absolute atomic E-state index is 0.0268. The lowest BCUT2D eigenvalue weighted by Gasteiger charge is -2.23. The first-order valence-electron chi connectivity index (χ1n) is 19.6. The van der Waals surface area contributed by atoms with E-state index >= 15 is 0 Å². The zero-order valence-corrected chi connectivity index (χ0v) is 32.9. The molecule has 2 aliphatic carbocycles. The molecule has 4 aromatic carbocycles. The molecule has 12 heteroatoms. The Morgan fingerprint density at radius 3 is 1.52 bits per heavy atom. The number of carbonyl (C=O) groups excluding carboxylic acids is 5. The predicted octanol–water partition coefficient (Wildman–Crippen LogP) is 6.79. The second kappa shape index (κ2) is 21.3. The van der Waals surface area contributed by atoms with Gasteiger partial charge in [-0.05, 0) is 57.3 Å². The number of amides is 3. The molecule has 0 saturated carbocycles. The normalized spacial score (nSPS) is 13.7. The molecule has 0 aromatic heterocycles. The number of hydrogen-bond acceptors (Lipinski definition) is 9. The molecule has 0 spiro atoms. The highest BCUT2D eigenvalue weighted by molar-refractivity contribution is 5.86. The summed E-state index contributed by atoms with van der Waals surface area (Å²) >= 11 is 0. The highest BCUT2D eigenvalue weighted by atomic mass is 16.6. The van der Waals surface area contributed by atoms with Crippen molar-refractivity contribution < 1.29 is 43.3 Å². The van der Waals surface area contributed by atoms with Gasteiger partial charge in [0.05, 0.1) is 12.1 Å². The van der Waals surface area contributed by atoms with Gasteiger partial charge in [0.1, 0.15) is 32.7 Å². The number of esters is 1. The van der Waals surface area contributed by atoms with Crippen LogP contribution in [0.25, 0.3) is 22.3 Å². The third kappa shape index (κ3) is 10.8. The van der Waals surface area contributed by atoms with Gasteiger partial charge in [-0.25, -0.2) is 9.59 Å². The third-order valence-corrected chi connectivity index (χ3v) is 10.1. The fraction of sp³-hybridized carbons (Fsp3) is 0.326. The summed E-state index contributed by atoms with van der Waals surface area (Å²) in [6.45, 7) is 7.28. The second-order valence-electron chi connectivity index (χ2n) is 14.0. The second-order valence-corrected chi connectivity index (χ2v) is 14.0. The van der Waals surface area contributed by atoms with Crippen molar-refractivity contribution >= 4 is 30.3 Å². The zero-order chi connectivity index (χ0) is 41.4. The minimum atomic E-state index is -1.55. The minimum Gasteiger partial charge on any atom is -0.460 e. The number of nitrogens with one attached hydrogen (secondary N) is 3. The van der Waals surface area contributed by atoms with Gasteiger partial charge in [-0.3, -0.25) is 9.59 Å². The highest BCUT2D eigenvalue weighted by Gasteiger charge is 2.32. The number of aldehydes is 1. The quantitative estimate of drug-likeness (QED) is 0.0390. The molecule has 4 N–H and O–H groups in total.